The van der Waals surface area contributed by atoms with Crippen molar-refractivity contribution in [3.05, 3.63) is 0 Å². The van der Waals surface area contributed by atoms with Crippen molar-refractivity contribution in [2.75, 3.05) is 6.61 Å². The van der Waals surface area contributed by atoms with E-state index in [1.54, 1.807) is 0 Å². The number of nitriles is 1. The fourth-order valence-electron chi connectivity index (χ4n) is 0.251. The van der Waals surface area contributed by atoms with Crippen LogP contribution in [0, 0.1) is 11.3 Å². The highest BCUT2D eigenvalue weighted by Gasteiger charge is 1.95. The van der Waals surface area contributed by atoms with Gasteiger partial charge in [-0.05, 0) is 6.42 Å². The summed E-state index contributed by atoms with van der Waals surface area (Å²) in [4.78, 5) is 0. The van der Waals surface area contributed by atoms with Crippen LogP contribution in [0.4, 0.5) is 0 Å². The molecule has 0 amide bonds. The maximum Gasteiger partial charge on any atom is 0.135 e. The van der Waals surface area contributed by atoms with Crippen LogP contribution in [0.15, 0.2) is 0 Å². The number of thiol groups is 1. The molecule has 0 heterocycles. The van der Waals surface area contributed by atoms with Crippen molar-refractivity contribution >= 4 is 12.6 Å². The Morgan fingerprint density at radius 3 is 2.88 bits per heavy atom. The third-order valence-corrected chi connectivity index (χ3v) is 1.20. The Hall–Kier alpha value is -0.200. The minimum absolute atomic E-state index is 0.0744. The fraction of sp³-hybridized carbons (Fsp3) is 0.800. The summed E-state index contributed by atoms with van der Waals surface area (Å²) in [7, 11) is 0. The van der Waals surface area contributed by atoms with E-state index >= 15 is 0 Å². The first-order chi connectivity index (χ1) is 3.81. The second-order valence-corrected chi connectivity index (χ2v) is 1.91. The van der Waals surface area contributed by atoms with E-state index in [-0.39, 0.29) is 12.0 Å². The van der Waals surface area contributed by atoms with Crippen LogP contribution in [0.5, 0.6) is 0 Å². The van der Waals surface area contributed by atoms with E-state index in [1.165, 1.54) is 0 Å². The van der Waals surface area contributed by atoms with Crippen LogP contribution < -0.4 is 0 Å². The van der Waals surface area contributed by atoms with Crippen LogP contribution >= 0.6 is 12.6 Å². The van der Waals surface area contributed by atoms with Gasteiger partial charge in [-0.15, -0.1) is 12.6 Å². The van der Waals surface area contributed by atoms with E-state index in [2.05, 4.69) is 12.6 Å². The lowest BCUT2D eigenvalue weighted by Gasteiger charge is -2.03. The van der Waals surface area contributed by atoms with Crippen molar-refractivity contribution in [3.63, 3.8) is 0 Å². The summed E-state index contributed by atoms with van der Waals surface area (Å²) < 4.78 is 4.84. The van der Waals surface area contributed by atoms with E-state index in [0.717, 1.165) is 6.42 Å². The molecule has 0 aromatic rings. The minimum atomic E-state index is -0.0744. The lowest BCUT2D eigenvalue weighted by Crippen LogP contribution is -2.02. The lowest BCUT2D eigenvalue weighted by molar-refractivity contribution is 0.141. The van der Waals surface area contributed by atoms with Gasteiger partial charge < -0.3 is 4.74 Å². The van der Waals surface area contributed by atoms with Gasteiger partial charge in [-0.3, -0.25) is 0 Å². The Balaban J connectivity index is 3.01. The average Bonchev–Trinajstić information content (AvgIpc) is 1.83. The number of hydrogen-bond acceptors (Lipinski definition) is 3. The molecule has 2 nitrogen and oxygen atoms in total. The molecule has 1 atom stereocenters. The summed E-state index contributed by atoms with van der Waals surface area (Å²) in [6.45, 7) is 2.09. The van der Waals surface area contributed by atoms with Gasteiger partial charge in [0, 0.05) is 0 Å². The molecule has 0 saturated heterocycles. The third kappa shape index (κ3) is 3.97. The Kier molecular flexibility index (Phi) is 4.82. The van der Waals surface area contributed by atoms with E-state index in [9.17, 15) is 0 Å². The van der Waals surface area contributed by atoms with Crippen molar-refractivity contribution < 1.29 is 4.74 Å². The molecule has 1 unspecified atom stereocenters. The lowest BCUT2D eigenvalue weighted by atomic mass is 10.5. The molecule has 0 aliphatic carbocycles. The Morgan fingerprint density at radius 2 is 2.50 bits per heavy atom. The molecule has 0 rings (SSSR count). The van der Waals surface area contributed by atoms with Gasteiger partial charge in [0.25, 0.3) is 0 Å². The Labute approximate surface area is 54.9 Å². The van der Waals surface area contributed by atoms with Crippen LogP contribution in [0.2, 0.25) is 0 Å². The molecule has 0 bridgehead atoms. The summed E-state index contributed by atoms with van der Waals surface area (Å²) >= 11 is 3.99. The summed E-state index contributed by atoms with van der Waals surface area (Å²) in [5.41, 5.74) is -0.0744. The maximum atomic E-state index is 8.00. The number of nitrogens with zero attached hydrogens (tertiary/aromatic N) is 1. The van der Waals surface area contributed by atoms with E-state index in [1.807, 2.05) is 13.0 Å². The molecule has 0 spiro atoms. The second kappa shape index (κ2) is 4.95. The largest absolute Gasteiger partial charge is 0.353 e. The predicted octanol–water partition coefficient (Wildman–Crippen LogP) is 1.19. The van der Waals surface area contributed by atoms with Crippen molar-refractivity contribution in [3.8, 4) is 6.07 Å². The fourth-order valence-corrected chi connectivity index (χ4v) is 0.326. The molecule has 0 aromatic carbocycles. The highest BCUT2D eigenvalue weighted by Crippen LogP contribution is 2.00. The van der Waals surface area contributed by atoms with E-state index in [4.69, 9.17) is 10.00 Å². The van der Waals surface area contributed by atoms with Gasteiger partial charge in [-0.2, -0.15) is 5.26 Å². The molecule has 0 radical (unpaired) electrons. The normalized spacial score (nSPS) is 12.6. The Bertz CT molecular complexity index is 88.9. The first-order valence-electron chi connectivity index (χ1n) is 2.48. The molecule has 0 aliphatic rings. The van der Waals surface area contributed by atoms with Crippen LogP contribution in [-0.4, -0.2) is 12.0 Å². The minimum Gasteiger partial charge on any atom is -0.353 e. The van der Waals surface area contributed by atoms with Gasteiger partial charge in [-0.1, -0.05) is 6.92 Å². The van der Waals surface area contributed by atoms with Gasteiger partial charge in [0.2, 0.25) is 0 Å². The standard InChI is InChI=1S/C5H9NOS/c1-2-5(8)7-4-3-6/h5,8H,2,4H2,1H3. The summed E-state index contributed by atoms with van der Waals surface area (Å²) in [6.07, 6.45) is 0.838. The molecule has 0 saturated carbocycles. The highest BCUT2D eigenvalue weighted by molar-refractivity contribution is 7.80. The molecule has 46 valence electrons. The van der Waals surface area contributed by atoms with Crippen molar-refractivity contribution in [1.82, 2.24) is 0 Å². The smallest absolute Gasteiger partial charge is 0.135 e. The zero-order valence-electron chi connectivity index (χ0n) is 4.79. The molecular weight excluding hydrogens is 122 g/mol. The van der Waals surface area contributed by atoms with Crippen molar-refractivity contribution in [2.45, 2.75) is 18.8 Å². The highest BCUT2D eigenvalue weighted by atomic mass is 32.1. The first kappa shape index (κ1) is 7.80. The third-order valence-electron chi connectivity index (χ3n) is 0.690. The van der Waals surface area contributed by atoms with Crippen LogP contribution in [0.25, 0.3) is 0 Å². The van der Waals surface area contributed by atoms with Gasteiger partial charge in [0.1, 0.15) is 12.0 Å². The van der Waals surface area contributed by atoms with Gasteiger partial charge in [0.15, 0.2) is 0 Å². The SMILES string of the molecule is CCC(S)OCC#N. The van der Waals surface area contributed by atoms with E-state index in [0.29, 0.717) is 0 Å². The monoisotopic (exact) mass is 131 g/mol. The Morgan fingerprint density at radius 1 is 1.88 bits per heavy atom. The average molecular weight is 131 g/mol. The molecular formula is C5H9NOS. The van der Waals surface area contributed by atoms with Gasteiger partial charge in [0.05, 0.1) is 6.07 Å². The molecule has 0 aliphatic heterocycles. The second-order valence-electron chi connectivity index (χ2n) is 1.33. The molecule has 0 aromatic heterocycles. The van der Waals surface area contributed by atoms with Gasteiger partial charge >= 0.3 is 0 Å². The zero-order valence-corrected chi connectivity index (χ0v) is 5.69. The van der Waals surface area contributed by atoms with E-state index < -0.39 is 0 Å². The molecule has 0 fully saturated rings. The summed E-state index contributed by atoms with van der Waals surface area (Å²) in [6, 6.07) is 1.86. The topological polar surface area (TPSA) is 33.0 Å². The van der Waals surface area contributed by atoms with Crippen molar-refractivity contribution in [2.24, 2.45) is 0 Å². The zero-order chi connectivity index (χ0) is 6.41. The summed E-state index contributed by atoms with van der Waals surface area (Å²) in [5.74, 6) is 0. The predicted molar refractivity (Wildman–Crippen MR) is 34.6 cm³/mol. The first-order valence-corrected chi connectivity index (χ1v) is 2.99. The molecule has 0 N–H and O–H groups in total. The molecule has 8 heavy (non-hydrogen) atoms. The van der Waals surface area contributed by atoms with Gasteiger partial charge in [-0.25, -0.2) is 0 Å². The summed E-state index contributed by atoms with van der Waals surface area (Å²) in [5, 5.41) is 8.00. The number of rotatable bonds is 3. The van der Waals surface area contributed by atoms with Crippen LogP contribution in [-0.2, 0) is 4.74 Å². The maximum absolute atomic E-state index is 8.00. The number of ether oxygens (including phenoxy) is 1. The number of hydrogen-bond donors (Lipinski definition) is 1. The quantitative estimate of drug-likeness (QED) is 0.461. The van der Waals surface area contributed by atoms with Crippen molar-refractivity contribution in [1.29, 1.82) is 5.26 Å². The van der Waals surface area contributed by atoms with Crippen LogP contribution in [0.1, 0.15) is 13.3 Å². The van der Waals surface area contributed by atoms with Crippen LogP contribution in [0.3, 0.4) is 0 Å². The molecule has 3 heteroatoms.